The molecule has 0 atom stereocenters. The van der Waals surface area contributed by atoms with Gasteiger partial charge in [0.1, 0.15) is 11.2 Å². The predicted molar refractivity (Wildman–Crippen MR) is 188 cm³/mol. The lowest BCUT2D eigenvalue weighted by molar-refractivity contribution is 0.669. The van der Waals surface area contributed by atoms with Crippen molar-refractivity contribution >= 4 is 56.1 Å². The SMILES string of the molecule is Cc1ccc(N(c2ccc(C)cc2)c2ccc3oc4ccc(N(c5ccc(C)cc5)c5ccc(C)cc5)cc4c3c2)cc1.[CH3-]. The highest BCUT2D eigenvalue weighted by Crippen LogP contribution is 2.41. The minimum Gasteiger partial charge on any atom is -0.456 e. The summed E-state index contributed by atoms with van der Waals surface area (Å²) >= 11 is 0. The third-order valence-electron chi connectivity index (χ3n) is 8.12. The molecule has 44 heavy (non-hydrogen) atoms. The second-order valence-corrected chi connectivity index (χ2v) is 11.5. The summed E-state index contributed by atoms with van der Waals surface area (Å²) in [5.74, 6) is 0. The van der Waals surface area contributed by atoms with Gasteiger partial charge in [0.2, 0.25) is 0 Å². The lowest BCUT2D eigenvalue weighted by atomic mass is 10.1. The summed E-state index contributed by atoms with van der Waals surface area (Å²) in [4.78, 5) is 4.62. The summed E-state index contributed by atoms with van der Waals surface area (Å²) in [7, 11) is 0. The zero-order chi connectivity index (χ0) is 29.5. The lowest BCUT2D eigenvalue weighted by Crippen LogP contribution is -2.10. The largest absolute Gasteiger partial charge is 0.456 e. The van der Waals surface area contributed by atoms with Crippen molar-refractivity contribution in [2.24, 2.45) is 0 Å². The smallest absolute Gasteiger partial charge is 0.135 e. The van der Waals surface area contributed by atoms with Crippen LogP contribution in [0.25, 0.3) is 21.9 Å². The average molecular weight is 574 g/mol. The highest BCUT2D eigenvalue weighted by molar-refractivity contribution is 6.08. The molecule has 0 fully saturated rings. The monoisotopic (exact) mass is 573 g/mol. The molecule has 7 rings (SSSR count). The maximum absolute atomic E-state index is 6.37. The van der Waals surface area contributed by atoms with E-state index in [1.54, 1.807) is 0 Å². The van der Waals surface area contributed by atoms with E-state index in [1.165, 1.54) is 22.3 Å². The van der Waals surface area contributed by atoms with Crippen LogP contribution in [0.15, 0.2) is 138 Å². The summed E-state index contributed by atoms with van der Waals surface area (Å²) in [6.45, 7) is 8.49. The van der Waals surface area contributed by atoms with Crippen LogP contribution >= 0.6 is 0 Å². The molecule has 0 spiro atoms. The Morgan fingerprint density at radius 3 is 0.864 bits per heavy atom. The van der Waals surface area contributed by atoms with Crippen molar-refractivity contribution in [1.29, 1.82) is 0 Å². The standard InChI is InChI=1S/C40H34N2O.CH3/c1-27-5-13-31(14-6-27)41(32-15-7-28(2)8-16-32)35-21-23-39-37(25-35)38-26-36(22-24-40(38)43-39)42(33-17-9-29(3)10-18-33)34-19-11-30(4)12-20-34;/h5-26H,1-4H3;1H3/q;-1. The molecule has 0 aliphatic rings. The van der Waals surface area contributed by atoms with Crippen molar-refractivity contribution < 1.29 is 4.42 Å². The molecular weight excluding hydrogens is 536 g/mol. The van der Waals surface area contributed by atoms with Crippen LogP contribution in [0.4, 0.5) is 34.1 Å². The van der Waals surface area contributed by atoms with Crippen LogP contribution in [0.3, 0.4) is 0 Å². The van der Waals surface area contributed by atoms with E-state index >= 15 is 0 Å². The number of anilines is 6. The average Bonchev–Trinajstić information content (AvgIpc) is 3.39. The van der Waals surface area contributed by atoms with Gasteiger partial charge in [0.05, 0.1) is 0 Å². The Hall–Kier alpha value is -5.28. The van der Waals surface area contributed by atoms with Crippen LogP contribution in [0.2, 0.25) is 0 Å². The summed E-state index contributed by atoms with van der Waals surface area (Å²) in [5, 5.41) is 2.18. The van der Waals surface area contributed by atoms with Gasteiger partial charge < -0.3 is 21.6 Å². The molecule has 3 nitrogen and oxygen atoms in total. The first-order valence-corrected chi connectivity index (χ1v) is 14.8. The molecule has 0 unspecified atom stereocenters. The number of fused-ring (bicyclic) bond motifs is 3. The van der Waals surface area contributed by atoms with Crippen molar-refractivity contribution in [2.45, 2.75) is 27.7 Å². The molecule has 3 heteroatoms. The normalized spacial score (nSPS) is 11.0. The zero-order valence-corrected chi connectivity index (χ0v) is 26.0. The molecule has 218 valence electrons. The fraction of sp³-hybridized carbons (Fsp3) is 0.0976. The summed E-state index contributed by atoms with van der Waals surface area (Å²) in [6.07, 6.45) is 0. The third kappa shape index (κ3) is 5.45. The summed E-state index contributed by atoms with van der Waals surface area (Å²) in [5.41, 5.74) is 13.3. The molecule has 0 N–H and O–H groups in total. The van der Waals surface area contributed by atoms with Gasteiger partial charge in [-0.2, -0.15) is 0 Å². The molecular formula is C41H37N2O-. The first-order valence-electron chi connectivity index (χ1n) is 14.8. The van der Waals surface area contributed by atoms with E-state index in [1.807, 2.05) is 0 Å². The van der Waals surface area contributed by atoms with Crippen LogP contribution in [0, 0.1) is 35.1 Å². The van der Waals surface area contributed by atoms with E-state index < -0.39 is 0 Å². The fourth-order valence-electron chi connectivity index (χ4n) is 5.70. The quantitative estimate of drug-likeness (QED) is 0.185. The number of aryl methyl sites for hydroxylation is 4. The lowest BCUT2D eigenvalue weighted by Gasteiger charge is -2.26. The van der Waals surface area contributed by atoms with Gasteiger partial charge in [-0.05, 0) is 113 Å². The number of rotatable bonds is 6. The van der Waals surface area contributed by atoms with Crippen molar-refractivity contribution in [3.05, 3.63) is 163 Å². The summed E-state index contributed by atoms with van der Waals surface area (Å²) in [6, 6.07) is 47.8. The highest BCUT2D eigenvalue weighted by Gasteiger charge is 2.18. The van der Waals surface area contributed by atoms with E-state index in [4.69, 9.17) is 4.42 Å². The highest BCUT2D eigenvalue weighted by atomic mass is 16.3. The molecule has 0 saturated heterocycles. The molecule has 0 aliphatic carbocycles. The molecule has 6 aromatic carbocycles. The minimum absolute atomic E-state index is 0. The molecule has 1 heterocycles. The number of furan rings is 1. The van der Waals surface area contributed by atoms with E-state index in [9.17, 15) is 0 Å². The van der Waals surface area contributed by atoms with Gasteiger partial charge in [0.25, 0.3) is 0 Å². The number of benzene rings is 6. The second-order valence-electron chi connectivity index (χ2n) is 11.5. The number of nitrogens with zero attached hydrogens (tertiary/aromatic N) is 2. The van der Waals surface area contributed by atoms with E-state index in [0.717, 1.165) is 56.1 Å². The third-order valence-corrected chi connectivity index (χ3v) is 8.12. The minimum atomic E-state index is 0. The van der Waals surface area contributed by atoms with E-state index in [2.05, 4.69) is 171 Å². The van der Waals surface area contributed by atoms with Crippen LogP contribution in [-0.2, 0) is 0 Å². The first-order chi connectivity index (χ1) is 20.9. The maximum atomic E-state index is 6.37. The van der Waals surface area contributed by atoms with E-state index in [-0.39, 0.29) is 7.43 Å². The van der Waals surface area contributed by atoms with Crippen LogP contribution < -0.4 is 9.80 Å². The predicted octanol–water partition coefficient (Wildman–Crippen LogP) is 12.2. The van der Waals surface area contributed by atoms with Crippen LogP contribution in [-0.4, -0.2) is 0 Å². The zero-order valence-electron chi connectivity index (χ0n) is 26.0. The topological polar surface area (TPSA) is 19.6 Å². The van der Waals surface area contributed by atoms with E-state index in [0.29, 0.717) is 0 Å². The van der Waals surface area contributed by atoms with Crippen molar-refractivity contribution in [2.75, 3.05) is 9.80 Å². The fourth-order valence-corrected chi connectivity index (χ4v) is 5.70. The molecule has 7 aromatic rings. The van der Waals surface area contributed by atoms with Gasteiger partial charge in [0.15, 0.2) is 0 Å². The Labute approximate surface area is 260 Å². The Bertz CT molecular complexity index is 1800. The van der Waals surface area contributed by atoms with Gasteiger partial charge in [-0.1, -0.05) is 70.8 Å². The first kappa shape index (κ1) is 28.8. The maximum Gasteiger partial charge on any atom is 0.135 e. The van der Waals surface area contributed by atoms with Crippen LogP contribution in [0.5, 0.6) is 0 Å². The Kier molecular flexibility index (Phi) is 7.71. The van der Waals surface area contributed by atoms with Crippen molar-refractivity contribution in [1.82, 2.24) is 0 Å². The van der Waals surface area contributed by atoms with Gasteiger partial charge in [-0.3, -0.25) is 0 Å². The van der Waals surface area contributed by atoms with Crippen molar-refractivity contribution in [3.63, 3.8) is 0 Å². The van der Waals surface area contributed by atoms with Gasteiger partial charge in [-0.25, -0.2) is 0 Å². The second kappa shape index (κ2) is 11.8. The van der Waals surface area contributed by atoms with Gasteiger partial charge >= 0.3 is 0 Å². The van der Waals surface area contributed by atoms with Crippen LogP contribution in [0.1, 0.15) is 22.3 Å². The molecule has 0 amide bonds. The number of hydrogen-bond donors (Lipinski definition) is 0. The number of hydrogen-bond acceptors (Lipinski definition) is 3. The Morgan fingerprint density at radius 1 is 0.341 bits per heavy atom. The van der Waals surface area contributed by atoms with Gasteiger partial charge in [0, 0.05) is 44.9 Å². The molecule has 0 radical (unpaired) electrons. The molecule has 1 aromatic heterocycles. The molecule has 0 saturated carbocycles. The Morgan fingerprint density at radius 2 is 0.591 bits per heavy atom. The van der Waals surface area contributed by atoms with Crippen molar-refractivity contribution in [3.8, 4) is 0 Å². The van der Waals surface area contributed by atoms with Gasteiger partial charge in [-0.15, -0.1) is 0 Å². The Balaban J connectivity index is 0.00000343. The summed E-state index contributed by atoms with van der Waals surface area (Å²) < 4.78 is 6.37. The molecule has 0 aliphatic heterocycles. The molecule has 0 bridgehead atoms.